The fourth-order valence-corrected chi connectivity index (χ4v) is 2.46. The van der Waals surface area contributed by atoms with Crippen LogP contribution in [0.5, 0.6) is 0 Å². The van der Waals surface area contributed by atoms with E-state index in [2.05, 4.69) is 15.3 Å². The molecule has 7 heteroatoms. The number of nitrogens with one attached hydrogen (secondary N) is 1. The zero-order valence-electron chi connectivity index (χ0n) is 12.4. The Bertz CT molecular complexity index is 679. The van der Waals surface area contributed by atoms with Crippen molar-refractivity contribution in [2.24, 2.45) is 0 Å². The number of aryl methyl sites for hydroxylation is 2. The van der Waals surface area contributed by atoms with Crippen LogP contribution in [0.15, 0.2) is 23.4 Å². The molecule has 1 N–H and O–H groups in total. The zero-order chi connectivity index (χ0) is 16.3. The summed E-state index contributed by atoms with van der Waals surface area (Å²) in [7, 11) is 0. The van der Waals surface area contributed by atoms with E-state index in [4.69, 9.17) is 0 Å². The highest BCUT2D eigenvalue weighted by molar-refractivity contribution is 7.99. The standard InChI is InChI=1S/C15H15F2N3OS/c1-8-9(2)18-15(19-10(8)3)22-7-13(21)20-14-11(16)5-4-6-12(14)17/h4-6H,7H2,1-3H3,(H,20,21). The van der Waals surface area contributed by atoms with Crippen molar-refractivity contribution in [2.45, 2.75) is 25.9 Å². The van der Waals surface area contributed by atoms with Crippen LogP contribution in [0.4, 0.5) is 14.5 Å². The van der Waals surface area contributed by atoms with Crippen molar-refractivity contribution in [3.05, 3.63) is 46.8 Å². The first-order chi connectivity index (χ1) is 10.4. The van der Waals surface area contributed by atoms with E-state index in [-0.39, 0.29) is 5.75 Å². The number of nitrogens with zero attached hydrogens (tertiary/aromatic N) is 2. The normalized spacial score (nSPS) is 10.6. The van der Waals surface area contributed by atoms with E-state index in [1.54, 1.807) is 0 Å². The highest BCUT2D eigenvalue weighted by atomic mass is 32.2. The van der Waals surface area contributed by atoms with Gasteiger partial charge in [-0.05, 0) is 38.5 Å². The summed E-state index contributed by atoms with van der Waals surface area (Å²) in [5.41, 5.74) is 2.25. The molecule has 0 atom stereocenters. The number of benzene rings is 1. The monoisotopic (exact) mass is 323 g/mol. The van der Waals surface area contributed by atoms with Crippen LogP contribution in [0, 0.1) is 32.4 Å². The fourth-order valence-electron chi connectivity index (χ4n) is 1.73. The summed E-state index contributed by atoms with van der Waals surface area (Å²) in [6, 6.07) is 3.41. The SMILES string of the molecule is Cc1nc(SCC(=O)Nc2c(F)cccc2F)nc(C)c1C. The Hall–Kier alpha value is -2.02. The number of halogens is 2. The molecule has 1 aromatic carbocycles. The van der Waals surface area contributed by atoms with E-state index < -0.39 is 23.2 Å². The van der Waals surface area contributed by atoms with E-state index in [0.717, 1.165) is 40.8 Å². The maximum absolute atomic E-state index is 13.4. The molecule has 0 aliphatic carbocycles. The molecule has 0 aliphatic heterocycles. The van der Waals surface area contributed by atoms with Gasteiger partial charge in [-0.2, -0.15) is 0 Å². The van der Waals surface area contributed by atoms with Crippen molar-refractivity contribution in [1.82, 2.24) is 9.97 Å². The topological polar surface area (TPSA) is 54.9 Å². The van der Waals surface area contributed by atoms with E-state index >= 15 is 0 Å². The van der Waals surface area contributed by atoms with E-state index in [9.17, 15) is 13.6 Å². The maximum Gasteiger partial charge on any atom is 0.235 e. The quantitative estimate of drug-likeness (QED) is 0.692. The second kappa shape index (κ2) is 6.83. The van der Waals surface area contributed by atoms with Crippen LogP contribution in [0.2, 0.25) is 0 Å². The molecule has 1 amide bonds. The van der Waals surface area contributed by atoms with Gasteiger partial charge in [-0.3, -0.25) is 4.79 Å². The first-order valence-electron chi connectivity index (χ1n) is 6.57. The molecule has 0 saturated carbocycles. The molecule has 0 aliphatic rings. The molecular formula is C15H15F2N3OS. The van der Waals surface area contributed by atoms with Gasteiger partial charge in [0, 0.05) is 11.4 Å². The summed E-state index contributed by atoms with van der Waals surface area (Å²) in [4.78, 5) is 20.3. The Balaban J connectivity index is 2.02. The molecule has 22 heavy (non-hydrogen) atoms. The van der Waals surface area contributed by atoms with E-state index in [1.165, 1.54) is 6.07 Å². The molecule has 0 spiro atoms. The summed E-state index contributed by atoms with van der Waals surface area (Å²) in [5.74, 6) is -2.17. The average Bonchev–Trinajstić information content (AvgIpc) is 2.46. The lowest BCUT2D eigenvalue weighted by Gasteiger charge is -2.08. The molecule has 116 valence electrons. The summed E-state index contributed by atoms with van der Waals surface area (Å²) < 4.78 is 26.9. The minimum Gasteiger partial charge on any atom is -0.320 e. The van der Waals surface area contributed by atoms with Crippen LogP contribution >= 0.6 is 11.8 Å². The molecule has 0 unspecified atom stereocenters. The highest BCUT2D eigenvalue weighted by Gasteiger charge is 2.13. The Morgan fingerprint density at radius 1 is 1.14 bits per heavy atom. The summed E-state index contributed by atoms with van der Waals surface area (Å²) in [5, 5.41) is 2.69. The Morgan fingerprint density at radius 2 is 1.68 bits per heavy atom. The van der Waals surface area contributed by atoms with Gasteiger partial charge < -0.3 is 5.32 Å². The third-order valence-electron chi connectivity index (χ3n) is 3.17. The molecule has 1 aromatic heterocycles. The maximum atomic E-state index is 13.4. The molecular weight excluding hydrogens is 308 g/mol. The van der Waals surface area contributed by atoms with Gasteiger partial charge in [0.15, 0.2) is 5.16 Å². The van der Waals surface area contributed by atoms with Gasteiger partial charge in [-0.25, -0.2) is 18.7 Å². The number of hydrogen-bond acceptors (Lipinski definition) is 4. The number of para-hydroxylation sites is 1. The Kier molecular flexibility index (Phi) is 5.07. The summed E-state index contributed by atoms with van der Waals surface area (Å²) in [6.07, 6.45) is 0. The Labute approximate surface area is 131 Å². The van der Waals surface area contributed by atoms with Crippen molar-refractivity contribution in [2.75, 3.05) is 11.1 Å². The molecule has 2 rings (SSSR count). The van der Waals surface area contributed by atoms with E-state index in [1.807, 2.05) is 20.8 Å². The second-order valence-electron chi connectivity index (χ2n) is 4.74. The van der Waals surface area contributed by atoms with Crippen LogP contribution in [0.1, 0.15) is 17.0 Å². The number of anilines is 1. The molecule has 0 fully saturated rings. The Morgan fingerprint density at radius 3 is 2.23 bits per heavy atom. The van der Waals surface area contributed by atoms with Gasteiger partial charge in [0.05, 0.1) is 5.75 Å². The van der Waals surface area contributed by atoms with Gasteiger partial charge in [0.25, 0.3) is 0 Å². The number of carbonyl (C=O) groups excluding carboxylic acids is 1. The van der Waals surface area contributed by atoms with E-state index in [0.29, 0.717) is 5.16 Å². The van der Waals surface area contributed by atoms with Crippen LogP contribution in [0.25, 0.3) is 0 Å². The first-order valence-corrected chi connectivity index (χ1v) is 7.55. The molecule has 4 nitrogen and oxygen atoms in total. The minimum absolute atomic E-state index is 0.0320. The predicted molar refractivity (Wildman–Crippen MR) is 82.0 cm³/mol. The van der Waals surface area contributed by atoms with Crippen molar-refractivity contribution < 1.29 is 13.6 Å². The average molecular weight is 323 g/mol. The van der Waals surface area contributed by atoms with Crippen LogP contribution < -0.4 is 5.32 Å². The number of amides is 1. The molecule has 0 radical (unpaired) electrons. The minimum atomic E-state index is -0.809. The molecule has 0 bridgehead atoms. The van der Waals surface area contributed by atoms with Crippen LogP contribution in [-0.2, 0) is 4.79 Å². The summed E-state index contributed by atoms with van der Waals surface area (Å²) in [6.45, 7) is 5.65. The molecule has 1 heterocycles. The lowest BCUT2D eigenvalue weighted by Crippen LogP contribution is -2.16. The van der Waals surface area contributed by atoms with Gasteiger partial charge in [-0.1, -0.05) is 17.8 Å². The zero-order valence-corrected chi connectivity index (χ0v) is 13.2. The van der Waals surface area contributed by atoms with Crippen LogP contribution in [-0.4, -0.2) is 21.6 Å². The van der Waals surface area contributed by atoms with Gasteiger partial charge in [-0.15, -0.1) is 0 Å². The predicted octanol–water partition coefficient (Wildman–Crippen LogP) is 3.41. The third-order valence-corrected chi connectivity index (χ3v) is 4.02. The third kappa shape index (κ3) is 3.79. The fraction of sp³-hybridized carbons (Fsp3) is 0.267. The number of aromatic nitrogens is 2. The van der Waals surface area contributed by atoms with Gasteiger partial charge in [0.1, 0.15) is 17.3 Å². The van der Waals surface area contributed by atoms with Crippen molar-refractivity contribution in [3.8, 4) is 0 Å². The lowest BCUT2D eigenvalue weighted by atomic mass is 10.2. The molecule has 2 aromatic rings. The van der Waals surface area contributed by atoms with Crippen molar-refractivity contribution in [1.29, 1.82) is 0 Å². The highest BCUT2D eigenvalue weighted by Crippen LogP contribution is 2.20. The first kappa shape index (κ1) is 16.4. The second-order valence-corrected chi connectivity index (χ2v) is 5.68. The van der Waals surface area contributed by atoms with Gasteiger partial charge in [0.2, 0.25) is 5.91 Å². The van der Waals surface area contributed by atoms with Crippen molar-refractivity contribution in [3.63, 3.8) is 0 Å². The number of thioether (sulfide) groups is 1. The summed E-state index contributed by atoms with van der Waals surface area (Å²) >= 11 is 1.12. The number of rotatable bonds is 4. The number of hydrogen-bond donors (Lipinski definition) is 1. The smallest absolute Gasteiger partial charge is 0.235 e. The number of carbonyl (C=O) groups is 1. The van der Waals surface area contributed by atoms with Crippen LogP contribution in [0.3, 0.4) is 0 Å². The lowest BCUT2D eigenvalue weighted by molar-refractivity contribution is -0.113. The molecule has 0 saturated heterocycles. The van der Waals surface area contributed by atoms with Crippen molar-refractivity contribution >= 4 is 23.4 Å². The van der Waals surface area contributed by atoms with Gasteiger partial charge >= 0.3 is 0 Å². The largest absolute Gasteiger partial charge is 0.320 e.